The summed E-state index contributed by atoms with van der Waals surface area (Å²) in [7, 11) is 0. The van der Waals surface area contributed by atoms with Gasteiger partial charge in [-0.15, -0.1) is 0 Å². The first-order valence-corrected chi connectivity index (χ1v) is 7.63. The minimum atomic E-state index is -1.82. The molecule has 2 rings (SSSR count). The molecule has 0 aliphatic carbocycles. The molecule has 2 aromatic carbocycles. The molecule has 9 heteroatoms. The highest BCUT2D eigenvalue weighted by atomic mass is 19.2. The number of esters is 1. The second-order valence-electron chi connectivity index (χ2n) is 5.53. The number of carboxylic acid groups (broad SMARTS) is 1. The van der Waals surface area contributed by atoms with Gasteiger partial charge in [0.2, 0.25) is 0 Å². The molecular formula is C18H14F3NO5. The summed E-state index contributed by atoms with van der Waals surface area (Å²) in [5, 5.41) is 11.3. The van der Waals surface area contributed by atoms with Crippen molar-refractivity contribution in [3.05, 3.63) is 65.0 Å². The molecule has 27 heavy (non-hydrogen) atoms. The fourth-order valence-corrected chi connectivity index (χ4v) is 2.23. The Labute approximate surface area is 151 Å². The Hall–Kier alpha value is -3.36. The van der Waals surface area contributed by atoms with Gasteiger partial charge in [-0.2, -0.15) is 0 Å². The number of amides is 1. The van der Waals surface area contributed by atoms with E-state index in [-0.39, 0.29) is 12.2 Å². The molecule has 142 valence electrons. The van der Waals surface area contributed by atoms with Crippen LogP contribution in [0, 0.1) is 17.5 Å². The maximum Gasteiger partial charge on any atom is 0.326 e. The number of ether oxygens (including phenoxy) is 1. The van der Waals surface area contributed by atoms with Crippen molar-refractivity contribution >= 4 is 17.8 Å². The highest BCUT2D eigenvalue weighted by molar-refractivity contribution is 5.96. The highest BCUT2D eigenvalue weighted by Crippen LogP contribution is 2.17. The number of carboxylic acids is 1. The van der Waals surface area contributed by atoms with Crippen LogP contribution in [0.25, 0.3) is 0 Å². The fraction of sp³-hybridized carbons (Fsp3) is 0.167. The van der Waals surface area contributed by atoms with Crippen LogP contribution in [0.3, 0.4) is 0 Å². The van der Waals surface area contributed by atoms with Gasteiger partial charge >= 0.3 is 11.9 Å². The number of rotatable bonds is 6. The van der Waals surface area contributed by atoms with E-state index in [9.17, 15) is 32.7 Å². The zero-order valence-electron chi connectivity index (χ0n) is 14.0. The summed E-state index contributed by atoms with van der Waals surface area (Å²) < 4.78 is 44.7. The second-order valence-corrected chi connectivity index (χ2v) is 5.53. The molecule has 0 saturated heterocycles. The molecule has 1 atom stereocenters. The van der Waals surface area contributed by atoms with Gasteiger partial charge in [-0.05, 0) is 29.8 Å². The van der Waals surface area contributed by atoms with E-state index >= 15 is 0 Å². The van der Waals surface area contributed by atoms with Crippen LogP contribution >= 0.6 is 0 Å². The summed E-state index contributed by atoms with van der Waals surface area (Å²) >= 11 is 0. The van der Waals surface area contributed by atoms with Crippen LogP contribution in [-0.4, -0.2) is 29.0 Å². The lowest BCUT2D eigenvalue weighted by atomic mass is 10.0. The Morgan fingerprint density at radius 1 is 1.04 bits per heavy atom. The van der Waals surface area contributed by atoms with E-state index in [4.69, 9.17) is 4.74 Å². The van der Waals surface area contributed by atoms with Gasteiger partial charge in [-0.3, -0.25) is 9.59 Å². The molecule has 0 heterocycles. The molecule has 0 saturated carbocycles. The number of benzene rings is 2. The van der Waals surface area contributed by atoms with Crippen molar-refractivity contribution in [2.75, 3.05) is 0 Å². The summed E-state index contributed by atoms with van der Waals surface area (Å²) in [6.07, 6.45) is -0.174. The first-order valence-electron chi connectivity index (χ1n) is 7.63. The summed E-state index contributed by atoms with van der Waals surface area (Å²) in [6, 6.07) is 5.67. The van der Waals surface area contributed by atoms with Gasteiger partial charge in [-0.25, -0.2) is 18.0 Å². The average Bonchev–Trinajstić information content (AvgIpc) is 2.60. The number of hydrogen-bond acceptors (Lipinski definition) is 4. The summed E-state index contributed by atoms with van der Waals surface area (Å²) in [5.74, 6) is -7.87. The molecule has 6 nitrogen and oxygen atoms in total. The Bertz CT molecular complexity index is 883. The van der Waals surface area contributed by atoms with Gasteiger partial charge in [0.25, 0.3) is 5.91 Å². The molecule has 1 amide bonds. The van der Waals surface area contributed by atoms with Crippen LogP contribution in [0.2, 0.25) is 0 Å². The van der Waals surface area contributed by atoms with Crippen LogP contribution in [0.5, 0.6) is 5.75 Å². The topological polar surface area (TPSA) is 92.7 Å². The lowest BCUT2D eigenvalue weighted by molar-refractivity contribution is -0.139. The number of hydrogen-bond donors (Lipinski definition) is 2. The predicted octanol–water partition coefficient (Wildman–Crippen LogP) is 2.45. The molecule has 2 N–H and O–H groups in total. The Morgan fingerprint density at radius 3 is 2.22 bits per heavy atom. The maximum absolute atomic E-state index is 13.7. The second kappa shape index (κ2) is 8.35. The molecule has 0 aliphatic rings. The minimum Gasteiger partial charge on any atom is -0.480 e. The van der Waals surface area contributed by atoms with Crippen LogP contribution in [-0.2, 0) is 16.0 Å². The third-order valence-corrected chi connectivity index (χ3v) is 3.51. The van der Waals surface area contributed by atoms with E-state index in [1.54, 1.807) is 0 Å². The van der Waals surface area contributed by atoms with Gasteiger partial charge < -0.3 is 15.2 Å². The summed E-state index contributed by atoms with van der Waals surface area (Å²) in [5.41, 5.74) is -0.338. The van der Waals surface area contributed by atoms with E-state index in [1.807, 2.05) is 0 Å². The van der Waals surface area contributed by atoms with Crippen molar-refractivity contribution in [3.8, 4) is 5.75 Å². The fourth-order valence-electron chi connectivity index (χ4n) is 2.23. The lowest BCUT2D eigenvalue weighted by Crippen LogP contribution is -2.42. The maximum atomic E-state index is 13.7. The van der Waals surface area contributed by atoms with Crippen molar-refractivity contribution < 1.29 is 37.4 Å². The quantitative estimate of drug-likeness (QED) is 0.456. The Kier molecular flexibility index (Phi) is 6.17. The molecule has 0 radical (unpaired) electrons. The van der Waals surface area contributed by atoms with Crippen LogP contribution in [0.1, 0.15) is 22.8 Å². The normalized spacial score (nSPS) is 11.6. The van der Waals surface area contributed by atoms with Crippen molar-refractivity contribution in [1.82, 2.24) is 5.32 Å². The van der Waals surface area contributed by atoms with E-state index in [2.05, 4.69) is 5.32 Å². The van der Waals surface area contributed by atoms with E-state index in [1.165, 1.54) is 31.2 Å². The van der Waals surface area contributed by atoms with Gasteiger partial charge in [0.05, 0.1) is 5.56 Å². The van der Waals surface area contributed by atoms with Crippen LogP contribution in [0.15, 0.2) is 36.4 Å². The molecule has 2 aromatic rings. The monoisotopic (exact) mass is 381 g/mol. The molecular weight excluding hydrogens is 367 g/mol. The van der Waals surface area contributed by atoms with E-state index < -0.39 is 46.9 Å². The Balaban J connectivity index is 2.14. The summed E-state index contributed by atoms with van der Waals surface area (Å²) in [6.45, 7) is 1.22. The van der Waals surface area contributed by atoms with Crippen molar-refractivity contribution in [3.63, 3.8) is 0 Å². The zero-order chi connectivity index (χ0) is 20.1. The minimum absolute atomic E-state index is 0.174. The average molecular weight is 381 g/mol. The zero-order valence-corrected chi connectivity index (χ0v) is 14.0. The largest absolute Gasteiger partial charge is 0.480 e. The molecule has 0 aliphatic heterocycles. The summed E-state index contributed by atoms with van der Waals surface area (Å²) in [4.78, 5) is 34.3. The van der Waals surface area contributed by atoms with Crippen LogP contribution in [0.4, 0.5) is 13.2 Å². The third kappa shape index (κ3) is 5.06. The first kappa shape index (κ1) is 20.0. The predicted molar refractivity (Wildman–Crippen MR) is 86.7 cm³/mol. The Morgan fingerprint density at radius 2 is 1.67 bits per heavy atom. The van der Waals surface area contributed by atoms with E-state index in [0.717, 1.165) is 6.07 Å². The van der Waals surface area contributed by atoms with Crippen LogP contribution < -0.4 is 10.1 Å². The SMILES string of the molecule is CC(=O)Oc1ccc(CC(NC(=O)c2ccc(F)c(F)c2F)C(=O)O)cc1. The number of aliphatic carboxylic acids is 1. The van der Waals surface area contributed by atoms with Crippen molar-refractivity contribution in [2.45, 2.75) is 19.4 Å². The molecule has 0 bridgehead atoms. The molecule has 0 spiro atoms. The van der Waals surface area contributed by atoms with E-state index in [0.29, 0.717) is 11.6 Å². The van der Waals surface area contributed by atoms with Gasteiger partial charge in [0.1, 0.15) is 11.8 Å². The van der Waals surface area contributed by atoms with Gasteiger partial charge in [0, 0.05) is 13.3 Å². The highest BCUT2D eigenvalue weighted by Gasteiger charge is 2.25. The third-order valence-electron chi connectivity index (χ3n) is 3.51. The van der Waals surface area contributed by atoms with Crippen molar-refractivity contribution in [1.29, 1.82) is 0 Å². The smallest absolute Gasteiger partial charge is 0.326 e. The molecule has 0 aromatic heterocycles. The first-order chi connectivity index (χ1) is 12.7. The van der Waals surface area contributed by atoms with Gasteiger partial charge in [-0.1, -0.05) is 12.1 Å². The number of carbonyl (C=O) groups is 3. The van der Waals surface area contributed by atoms with Crippen molar-refractivity contribution in [2.24, 2.45) is 0 Å². The standard InChI is InChI=1S/C18H14F3NO5/c1-9(23)27-11-4-2-10(3-5-11)8-14(18(25)26)22-17(24)12-6-7-13(19)16(21)15(12)20/h2-7,14H,8H2,1H3,(H,22,24)(H,25,26). The number of halogens is 3. The molecule has 0 fully saturated rings. The number of nitrogens with one attached hydrogen (secondary N) is 1. The number of carbonyl (C=O) groups excluding carboxylic acids is 2. The lowest BCUT2D eigenvalue weighted by Gasteiger charge is -2.15. The molecule has 1 unspecified atom stereocenters. The van der Waals surface area contributed by atoms with Gasteiger partial charge in [0.15, 0.2) is 17.5 Å².